The molecule has 0 aliphatic rings. The van der Waals surface area contributed by atoms with Gasteiger partial charge in [-0.25, -0.2) is 9.59 Å². The molecule has 0 heterocycles. The van der Waals surface area contributed by atoms with Gasteiger partial charge in [0.1, 0.15) is 0 Å². The van der Waals surface area contributed by atoms with Gasteiger partial charge < -0.3 is 20.5 Å². The van der Waals surface area contributed by atoms with Crippen LogP contribution in [0.5, 0.6) is 0 Å². The Morgan fingerprint density at radius 2 is 1.24 bits per heavy atom. The van der Waals surface area contributed by atoms with E-state index in [4.69, 9.17) is 28.9 Å². The van der Waals surface area contributed by atoms with Crippen molar-refractivity contribution < 1.29 is 19.1 Å². The molecular formula is C25H41Cl2IN2O4. The van der Waals surface area contributed by atoms with Crippen LogP contribution in [0.25, 0.3) is 0 Å². The van der Waals surface area contributed by atoms with Gasteiger partial charge in [0.05, 0.1) is 46.8 Å². The van der Waals surface area contributed by atoms with Crippen molar-refractivity contribution in [3.8, 4) is 0 Å². The molecule has 0 atom stereocenters. The standard InChI is InChI=1S/C11H14ClNO2.C8H8ClNO2.C3H7I.3CH4/c1-7(2)13-10-5-4-8(6-9(10)12)11(14)15-3;1-12-8(11)5-2-3-7(10)6(9)4-5;1-3(2)4;;;/h4-7,13H,1-3H3;2-4H,10H2,1H3;3H,1-2H3;3*1H4. The van der Waals surface area contributed by atoms with Crippen LogP contribution in [0, 0.1) is 0 Å². The van der Waals surface area contributed by atoms with Gasteiger partial charge in [-0.1, -0.05) is 81.9 Å². The van der Waals surface area contributed by atoms with E-state index in [1.165, 1.54) is 20.3 Å². The van der Waals surface area contributed by atoms with Crippen molar-refractivity contribution in [2.75, 3.05) is 25.3 Å². The molecule has 2 rings (SSSR count). The molecule has 0 aliphatic heterocycles. The Kier molecular flexibility index (Phi) is 24.0. The van der Waals surface area contributed by atoms with Crippen molar-refractivity contribution in [2.45, 2.75) is 59.9 Å². The minimum atomic E-state index is -0.420. The highest BCUT2D eigenvalue weighted by molar-refractivity contribution is 14.1. The average Bonchev–Trinajstić information content (AvgIpc) is 2.70. The van der Waals surface area contributed by atoms with Crippen molar-refractivity contribution in [2.24, 2.45) is 0 Å². The fourth-order valence-corrected chi connectivity index (χ4v) is 2.38. The average molecular weight is 631 g/mol. The lowest BCUT2D eigenvalue weighted by atomic mass is 10.2. The monoisotopic (exact) mass is 630 g/mol. The van der Waals surface area contributed by atoms with Gasteiger partial charge in [-0.2, -0.15) is 0 Å². The molecule has 0 saturated heterocycles. The topological polar surface area (TPSA) is 90.7 Å². The van der Waals surface area contributed by atoms with Gasteiger partial charge in [0.2, 0.25) is 0 Å². The number of benzene rings is 2. The van der Waals surface area contributed by atoms with Crippen molar-refractivity contribution in [3.05, 3.63) is 57.6 Å². The minimum absolute atomic E-state index is 0. The first-order chi connectivity index (χ1) is 14.4. The summed E-state index contributed by atoms with van der Waals surface area (Å²) in [6, 6.07) is 9.95. The number of ether oxygens (including phenoxy) is 2. The number of carbonyl (C=O) groups is 2. The first-order valence-electron chi connectivity index (χ1n) is 9.34. The van der Waals surface area contributed by atoms with E-state index in [1.807, 2.05) is 13.8 Å². The summed E-state index contributed by atoms with van der Waals surface area (Å²) in [6.45, 7) is 8.34. The number of esters is 2. The number of nitrogens with one attached hydrogen (secondary N) is 1. The summed E-state index contributed by atoms with van der Waals surface area (Å²) in [5.41, 5.74) is 7.57. The Hall–Kier alpha value is -1.71. The van der Waals surface area contributed by atoms with Crippen molar-refractivity contribution in [3.63, 3.8) is 0 Å². The lowest BCUT2D eigenvalue weighted by molar-refractivity contribution is 0.0592. The molecule has 3 N–H and O–H groups in total. The number of halogens is 3. The Bertz CT molecular complexity index is 860. The fraction of sp³-hybridized carbons (Fsp3) is 0.440. The summed E-state index contributed by atoms with van der Waals surface area (Å²) in [6.07, 6.45) is 0. The third kappa shape index (κ3) is 16.0. The molecule has 0 bridgehead atoms. The smallest absolute Gasteiger partial charge is 0.337 e. The largest absolute Gasteiger partial charge is 0.465 e. The second kappa shape index (κ2) is 20.6. The molecule has 9 heteroatoms. The molecule has 0 aromatic heterocycles. The second-order valence-corrected chi connectivity index (χ2v) is 10.0. The van der Waals surface area contributed by atoms with Gasteiger partial charge in [-0.15, -0.1) is 0 Å². The number of alkyl halides is 1. The molecule has 0 unspecified atom stereocenters. The van der Waals surface area contributed by atoms with Crippen LogP contribution in [0.3, 0.4) is 0 Å². The van der Waals surface area contributed by atoms with Gasteiger partial charge >= 0.3 is 11.9 Å². The Labute approximate surface area is 230 Å². The zero-order valence-corrected chi connectivity index (χ0v) is 22.1. The van der Waals surface area contributed by atoms with E-state index < -0.39 is 5.97 Å². The van der Waals surface area contributed by atoms with E-state index in [0.717, 1.165) is 9.61 Å². The van der Waals surface area contributed by atoms with Crippen molar-refractivity contribution in [1.29, 1.82) is 0 Å². The summed E-state index contributed by atoms with van der Waals surface area (Å²) in [7, 11) is 2.66. The van der Waals surface area contributed by atoms with E-state index in [9.17, 15) is 9.59 Å². The molecule has 0 fully saturated rings. The maximum atomic E-state index is 11.2. The first kappa shape index (κ1) is 39.5. The van der Waals surface area contributed by atoms with Crippen LogP contribution < -0.4 is 11.1 Å². The van der Waals surface area contributed by atoms with Crippen LogP contribution in [0.4, 0.5) is 11.4 Å². The van der Waals surface area contributed by atoms with Crippen molar-refractivity contribution in [1.82, 2.24) is 0 Å². The highest BCUT2D eigenvalue weighted by Gasteiger charge is 2.09. The SMILES string of the molecule is C.C.C.CC(C)I.COC(=O)c1ccc(N)c(Cl)c1.COC(=O)c1ccc(NC(C)C)c(Cl)c1. The van der Waals surface area contributed by atoms with Crippen molar-refractivity contribution >= 4 is 69.1 Å². The lowest BCUT2D eigenvalue weighted by Gasteiger charge is -2.12. The van der Waals surface area contributed by atoms with E-state index in [0.29, 0.717) is 32.9 Å². The summed E-state index contributed by atoms with van der Waals surface area (Å²) >= 11 is 14.0. The maximum Gasteiger partial charge on any atom is 0.337 e. The molecule has 6 nitrogen and oxygen atoms in total. The molecule has 2 aromatic rings. The lowest BCUT2D eigenvalue weighted by Crippen LogP contribution is -2.10. The minimum Gasteiger partial charge on any atom is -0.465 e. The number of methoxy groups -OCH3 is 2. The van der Waals surface area contributed by atoms with Crippen LogP contribution in [-0.2, 0) is 9.47 Å². The molecule has 2 aromatic carbocycles. The Morgan fingerprint density at radius 3 is 1.56 bits per heavy atom. The van der Waals surface area contributed by atoms with Gasteiger partial charge in [0.15, 0.2) is 0 Å². The number of hydrogen-bond donors (Lipinski definition) is 2. The van der Waals surface area contributed by atoms with E-state index >= 15 is 0 Å². The Balaban J connectivity index is -0.000000215. The molecule has 0 aliphatic carbocycles. The number of carbonyl (C=O) groups excluding carboxylic acids is 2. The van der Waals surface area contributed by atoms with E-state index in [1.54, 1.807) is 30.3 Å². The summed E-state index contributed by atoms with van der Waals surface area (Å²) < 4.78 is 9.89. The van der Waals surface area contributed by atoms with Crippen LogP contribution >= 0.6 is 45.8 Å². The zero-order chi connectivity index (χ0) is 24.1. The normalized spacial score (nSPS) is 8.91. The molecule has 0 amide bonds. The van der Waals surface area contributed by atoms with E-state index in [-0.39, 0.29) is 28.2 Å². The zero-order valence-electron chi connectivity index (χ0n) is 18.5. The summed E-state index contributed by atoms with van der Waals surface area (Å²) in [5.74, 6) is -0.801. The maximum absolute atomic E-state index is 11.2. The third-order valence-corrected chi connectivity index (χ3v) is 3.90. The van der Waals surface area contributed by atoms with Crippen LogP contribution in [0.2, 0.25) is 10.0 Å². The number of hydrogen-bond acceptors (Lipinski definition) is 6. The van der Waals surface area contributed by atoms with Crippen LogP contribution in [-0.4, -0.2) is 36.1 Å². The predicted molar refractivity (Wildman–Crippen MR) is 158 cm³/mol. The van der Waals surface area contributed by atoms with Crippen LogP contribution in [0.1, 0.15) is 70.7 Å². The number of nitrogen functional groups attached to an aromatic ring is 1. The highest BCUT2D eigenvalue weighted by Crippen LogP contribution is 2.24. The third-order valence-electron chi connectivity index (χ3n) is 3.26. The summed E-state index contributed by atoms with van der Waals surface area (Å²) in [5, 5.41) is 4.05. The van der Waals surface area contributed by atoms with Crippen LogP contribution in [0.15, 0.2) is 36.4 Å². The fourth-order valence-electron chi connectivity index (χ4n) is 1.96. The molecular weight excluding hydrogens is 590 g/mol. The molecule has 0 spiro atoms. The quantitative estimate of drug-likeness (QED) is 0.153. The number of nitrogens with two attached hydrogens (primary N) is 1. The van der Waals surface area contributed by atoms with Gasteiger partial charge in [-0.3, -0.25) is 0 Å². The van der Waals surface area contributed by atoms with E-state index in [2.05, 4.69) is 51.2 Å². The molecule has 0 radical (unpaired) electrons. The molecule has 34 heavy (non-hydrogen) atoms. The number of anilines is 2. The molecule has 196 valence electrons. The number of rotatable bonds is 4. The summed E-state index contributed by atoms with van der Waals surface area (Å²) in [4.78, 5) is 22.2. The van der Waals surface area contributed by atoms with Gasteiger partial charge in [0, 0.05) is 9.97 Å². The van der Waals surface area contributed by atoms with Gasteiger partial charge in [0.25, 0.3) is 0 Å². The molecule has 0 saturated carbocycles. The first-order valence-corrected chi connectivity index (χ1v) is 11.3. The predicted octanol–water partition coefficient (Wildman–Crippen LogP) is 8.39. The highest BCUT2D eigenvalue weighted by atomic mass is 127. The van der Waals surface area contributed by atoms with Gasteiger partial charge in [-0.05, 0) is 50.2 Å². The Morgan fingerprint density at radius 1 is 0.853 bits per heavy atom. The second-order valence-electron chi connectivity index (χ2n) is 6.73.